The molecular weight excluding hydrogens is 354 g/mol. The van der Waals surface area contributed by atoms with Crippen LogP contribution in [0.25, 0.3) is 21.5 Å². The Morgan fingerprint density at radius 3 is 2.18 bits per heavy atom. The van der Waals surface area contributed by atoms with E-state index in [9.17, 15) is 14.9 Å². The second kappa shape index (κ2) is 7.28. The summed E-state index contributed by atoms with van der Waals surface area (Å²) in [6.45, 7) is 0. The summed E-state index contributed by atoms with van der Waals surface area (Å²) in [6, 6.07) is 23.6. The van der Waals surface area contributed by atoms with Gasteiger partial charge in [0, 0.05) is 23.3 Å². The summed E-state index contributed by atoms with van der Waals surface area (Å²) < 4.78 is 0. The maximum Gasteiger partial charge on any atom is 0.271 e. The predicted octanol–water partition coefficient (Wildman–Crippen LogP) is 4.67. The Kier molecular flexibility index (Phi) is 4.51. The van der Waals surface area contributed by atoms with Gasteiger partial charge >= 0.3 is 0 Å². The number of carbonyl (C=O) groups is 1. The molecule has 0 aromatic heterocycles. The van der Waals surface area contributed by atoms with E-state index >= 15 is 0 Å². The van der Waals surface area contributed by atoms with Crippen molar-refractivity contribution in [2.75, 3.05) is 0 Å². The number of nitro groups is 1. The number of nitro benzene ring substituents is 1. The monoisotopic (exact) mass is 369 g/mol. The van der Waals surface area contributed by atoms with Crippen molar-refractivity contribution in [2.24, 2.45) is 5.10 Å². The first-order valence-corrected chi connectivity index (χ1v) is 8.62. The molecule has 0 aliphatic carbocycles. The average molecular weight is 369 g/mol. The molecule has 6 heteroatoms. The minimum absolute atomic E-state index is 0.142. The Labute approximate surface area is 160 Å². The Balaban J connectivity index is 1.67. The smallest absolute Gasteiger partial charge is 0.267 e. The van der Waals surface area contributed by atoms with Gasteiger partial charge in [0.2, 0.25) is 0 Å². The molecule has 0 heterocycles. The third kappa shape index (κ3) is 3.31. The van der Waals surface area contributed by atoms with Crippen LogP contribution in [-0.4, -0.2) is 17.0 Å². The van der Waals surface area contributed by atoms with E-state index < -0.39 is 10.8 Å². The third-order valence-corrected chi connectivity index (χ3v) is 4.49. The van der Waals surface area contributed by atoms with Gasteiger partial charge in [0.15, 0.2) is 0 Å². The van der Waals surface area contributed by atoms with E-state index in [2.05, 4.69) is 16.6 Å². The number of nitrogens with one attached hydrogen (secondary N) is 1. The molecule has 0 unspecified atom stereocenters. The first-order valence-electron chi connectivity index (χ1n) is 8.62. The number of hydrogen-bond acceptors (Lipinski definition) is 4. The molecule has 6 nitrogen and oxygen atoms in total. The van der Waals surface area contributed by atoms with Gasteiger partial charge in [0.1, 0.15) is 0 Å². The Morgan fingerprint density at radius 1 is 0.893 bits per heavy atom. The van der Waals surface area contributed by atoms with Crippen molar-refractivity contribution in [1.82, 2.24) is 5.43 Å². The van der Waals surface area contributed by atoms with E-state index in [1.54, 1.807) is 6.21 Å². The van der Waals surface area contributed by atoms with Crippen LogP contribution in [0.2, 0.25) is 0 Å². The van der Waals surface area contributed by atoms with E-state index in [0.29, 0.717) is 0 Å². The number of non-ortho nitro benzene ring substituents is 1. The number of hydrogen-bond donors (Lipinski definition) is 1. The van der Waals surface area contributed by atoms with Gasteiger partial charge in [-0.3, -0.25) is 14.9 Å². The van der Waals surface area contributed by atoms with Crippen molar-refractivity contribution >= 4 is 39.4 Å². The fourth-order valence-electron chi connectivity index (χ4n) is 3.17. The summed E-state index contributed by atoms with van der Waals surface area (Å²) in [5, 5.41) is 19.2. The van der Waals surface area contributed by atoms with Crippen molar-refractivity contribution in [1.29, 1.82) is 0 Å². The summed E-state index contributed by atoms with van der Waals surface area (Å²) in [4.78, 5) is 22.6. The maximum absolute atomic E-state index is 12.3. The van der Waals surface area contributed by atoms with Crippen LogP contribution in [0.5, 0.6) is 0 Å². The fourth-order valence-corrected chi connectivity index (χ4v) is 3.17. The average Bonchev–Trinajstić information content (AvgIpc) is 2.73. The molecular formula is C22H15N3O3. The summed E-state index contributed by atoms with van der Waals surface area (Å²) in [7, 11) is 0. The molecule has 0 saturated carbocycles. The predicted molar refractivity (Wildman–Crippen MR) is 110 cm³/mol. The largest absolute Gasteiger partial charge is 0.271 e. The first kappa shape index (κ1) is 17.4. The molecule has 0 atom stereocenters. The van der Waals surface area contributed by atoms with Crippen molar-refractivity contribution in [2.45, 2.75) is 0 Å². The van der Waals surface area contributed by atoms with Gasteiger partial charge in [-0.05, 0) is 33.7 Å². The van der Waals surface area contributed by atoms with Gasteiger partial charge in [-0.2, -0.15) is 5.10 Å². The van der Waals surface area contributed by atoms with Crippen molar-refractivity contribution in [3.05, 3.63) is 100 Å². The molecule has 0 aliphatic rings. The molecule has 4 rings (SSSR count). The number of hydrazone groups is 1. The van der Waals surface area contributed by atoms with Gasteiger partial charge in [0.25, 0.3) is 11.6 Å². The van der Waals surface area contributed by atoms with Crippen molar-refractivity contribution in [3.63, 3.8) is 0 Å². The molecule has 4 aromatic rings. The Morgan fingerprint density at radius 2 is 1.54 bits per heavy atom. The second-order valence-electron chi connectivity index (χ2n) is 6.24. The number of benzene rings is 4. The lowest BCUT2D eigenvalue weighted by atomic mass is 9.97. The van der Waals surface area contributed by atoms with Gasteiger partial charge in [-0.1, -0.05) is 54.6 Å². The van der Waals surface area contributed by atoms with Crippen LogP contribution in [0.4, 0.5) is 5.69 Å². The van der Waals surface area contributed by atoms with Crippen LogP contribution >= 0.6 is 0 Å². The minimum Gasteiger partial charge on any atom is -0.267 e. The van der Waals surface area contributed by atoms with Gasteiger partial charge < -0.3 is 0 Å². The zero-order valence-electron chi connectivity index (χ0n) is 14.7. The van der Waals surface area contributed by atoms with E-state index in [1.165, 1.54) is 24.3 Å². The number of rotatable bonds is 4. The van der Waals surface area contributed by atoms with Crippen LogP contribution in [0.3, 0.4) is 0 Å². The highest BCUT2D eigenvalue weighted by Crippen LogP contribution is 2.27. The lowest BCUT2D eigenvalue weighted by Gasteiger charge is -2.08. The highest BCUT2D eigenvalue weighted by atomic mass is 16.6. The molecule has 0 radical (unpaired) electrons. The Bertz CT molecular complexity index is 1190. The third-order valence-electron chi connectivity index (χ3n) is 4.49. The SMILES string of the molecule is O=C(NN=Cc1c2ccccc2cc2ccccc12)c1cccc([N+](=O)[O-])c1. The van der Waals surface area contributed by atoms with Gasteiger partial charge in [0.05, 0.1) is 11.1 Å². The van der Waals surface area contributed by atoms with Crippen molar-refractivity contribution in [3.8, 4) is 0 Å². The van der Waals surface area contributed by atoms with E-state index in [1.807, 2.05) is 48.5 Å². The Hall–Kier alpha value is -4.06. The second-order valence-corrected chi connectivity index (χ2v) is 6.24. The van der Waals surface area contributed by atoms with Gasteiger partial charge in [-0.25, -0.2) is 5.43 Å². The van der Waals surface area contributed by atoms with Crippen LogP contribution in [0.1, 0.15) is 15.9 Å². The number of amides is 1. The van der Waals surface area contributed by atoms with Crippen LogP contribution in [-0.2, 0) is 0 Å². The molecule has 1 amide bonds. The standard InChI is InChI=1S/C22H15N3O3/c26-22(17-8-5-9-18(13-17)25(27)28)24-23-14-21-19-10-3-1-6-15(19)12-16-7-2-4-11-20(16)21/h1-14H,(H,24,26). The van der Waals surface area contributed by atoms with E-state index in [0.717, 1.165) is 27.1 Å². The fraction of sp³-hybridized carbons (Fsp3) is 0. The molecule has 136 valence electrons. The molecule has 28 heavy (non-hydrogen) atoms. The lowest BCUT2D eigenvalue weighted by Crippen LogP contribution is -2.17. The van der Waals surface area contributed by atoms with Crippen LogP contribution < -0.4 is 5.43 Å². The highest BCUT2D eigenvalue weighted by molar-refractivity contribution is 6.13. The number of nitrogens with zero attached hydrogens (tertiary/aromatic N) is 2. The van der Waals surface area contributed by atoms with Crippen molar-refractivity contribution < 1.29 is 9.72 Å². The molecule has 1 N–H and O–H groups in total. The number of fused-ring (bicyclic) bond motifs is 2. The quantitative estimate of drug-likeness (QED) is 0.246. The molecule has 0 saturated heterocycles. The number of carbonyl (C=O) groups excluding carboxylic acids is 1. The lowest BCUT2D eigenvalue weighted by molar-refractivity contribution is -0.384. The molecule has 0 fully saturated rings. The normalized spacial score (nSPS) is 11.1. The summed E-state index contributed by atoms with van der Waals surface area (Å²) in [5.74, 6) is -0.510. The minimum atomic E-state index is -0.539. The summed E-state index contributed by atoms with van der Waals surface area (Å²) >= 11 is 0. The maximum atomic E-state index is 12.3. The molecule has 4 aromatic carbocycles. The molecule has 0 aliphatic heterocycles. The first-order chi connectivity index (χ1) is 13.6. The van der Waals surface area contributed by atoms with E-state index in [4.69, 9.17) is 0 Å². The zero-order valence-corrected chi connectivity index (χ0v) is 14.7. The van der Waals surface area contributed by atoms with E-state index in [-0.39, 0.29) is 11.3 Å². The summed E-state index contributed by atoms with van der Waals surface area (Å²) in [5.41, 5.74) is 3.38. The van der Waals surface area contributed by atoms with Gasteiger partial charge in [-0.15, -0.1) is 0 Å². The molecule has 0 spiro atoms. The van der Waals surface area contributed by atoms with Crippen LogP contribution in [0.15, 0.2) is 84.0 Å². The van der Waals surface area contributed by atoms with Crippen LogP contribution in [0, 0.1) is 10.1 Å². The zero-order chi connectivity index (χ0) is 19.5. The molecule has 0 bridgehead atoms. The highest BCUT2D eigenvalue weighted by Gasteiger charge is 2.11. The summed E-state index contributed by atoms with van der Waals surface area (Å²) in [6.07, 6.45) is 1.61. The topological polar surface area (TPSA) is 84.6 Å².